The molecule has 2 nitrogen and oxygen atoms in total. The lowest BCUT2D eigenvalue weighted by Crippen LogP contribution is -2.14. The summed E-state index contributed by atoms with van der Waals surface area (Å²) >= 11 is 1.72. The molecule has 0 fully saturated rings. The molecule has 0 aliphatic heterocycles. The number of aryl methyl sites for hydroxylation is 3. The van der Waals surface area contributed by atoms with Crippen LogP contribution in [0.1, 0.15) is 40.8 Å². The van der Waals surface area contributed by atoms with E-state index in [2.05, 4.69) is 56.2 Å². The van der Waals surface area contributed by atoms with Gasteiger partial charge in [0.05, 0.1) is 0 Å². The minimum absolute atomic E-state index is 0.547. The predicted molar refractivity (Wildman–Crippen MR) is 84.3 cm³/mol. The summed E-state index contributed by atoms with van der Waals surface area (Å²) in [5, 5.41) is 4.51. The maximum atomic E-state index is 4.37. The maximum Gasteiger partial charge on any atom is 0.182 e. The van der Waals surface area contributed by atoms with Gasteiger partial charge in [-0.2, -0.15) is 0 Å². The van der Waals surface area contributed by atoms with Gasteiger partial charge in [-0.1, -0.05) is 25.1 Å². The normalized spacial score (nSPS) is 12.4. The molecule has 0 radical (unpaired) electrons. The van der Waals surface area contributed by atoms with Gasteiger partial charge in [-0.3, -0.25) is 0 Å². The lowest BCUT2D eigenvalue weighted by atomic mass is 9.89. The van der Waals surface area contributed by atoms with Crippen LogP contribution in [0.5, 0.6) is 0 Å². The van der Waals surface area contributed by atoms with Crippen molar-refractivity contribution >= 4 is 16.5 Å². The highest BCUT2D eigenvalue weighted by Gasteiger charge is 2.14. The van der Waals surface area contributed by atoms with Gasteiger partial charge in [-0.05, 0) is 43.9 Å². The van der Waals surface area contributed by atoms with E-state index in [1.165, 1.54) is 21.6 Å². The van der Waals surface area contributed by atoms with Crippen LogP contribution in [0.4, 0.5) is 5.13 Å². The number of nitrogens with zero attached hydrogens (tertiary/aromatic N) is 1. The summed E-state index contributed by atoms with van der Waals surface area (Å²) in [5.74, 6) is 0.547. The van der Waals surface area contributed by atoms with Gasteiger partial charge in [0.25, 0.3) is 0 Å². The summed E-state index contributed by atoms with van der Waals surface area (Å²) in [4.78, 5) is 5.62. The van der Waals surface area contributed by atoms with Gasteiger partial charge in [0.15, 0.2) is 5.13 Å². The van der Waals surface area contributed by atoms with Crippen LogP contribution < -0.4 is 5.32 Å². The number of hydrogen-bond acceptors (Lipinski definition) is 3. The smallest absolute Gasteiger partial charge is 0.182 e. The standard InChI is InChI=1S/C16H22N2S/c1-5-14(10-18-16-17-9-13(4)19-16)15-11(2)7-6-8-12(15)3/h6-9,14H,5,10H2,1-4H3,(H,17,18). The number of hydrogen-bond donors (Lipinski definition) is 1. The molecule has 19 heavy (non-hydrogen) atoms. The second-order valence-corrected chi connectivity index (χ2v) is 6.30. The Kier molecular flexibility index (Phi) is 4.59. The number of thiazole rings is 1. The molecule has 1 N–H and O–H groups in total. The summed E-state index contributed by atoms with van der Waals surface area (Å²) in [5.41, 5.74) is 4.28. The van der Waals surface area contributed by atoms with Crippen molar-refractivity contribution in [1.29, 1.82) is 0 Å². The third-order valence-corrected chi connectivity index (χ3v) is 4.43. The van der Waals surface area contributed by atoms with Crippen LogP contribution in [0.25, 0.3) is 0 Å². The zero-order chi connectivity index (χ0) is 13.8. The molecule has 1 heterocycles. The highest BCUT2D eigenvalue weighted by Crippen LogP contribution is 2.27. The molecule has 102 valence electrons. The molecule has 0 amide bonds. The van der Waals surface area contributed by atoms with Gasteiger partial charge < -0.3 is 5.32 Å². The quantitative estimate of drug-likeness (QED) is 0.856. The summed E-state index contributed by atoms with van der Waals surface area (Å²) in [6, 6.07) is 6.55. The first-order valence-electron chi connectivity index (χ1n) is 6.84. The fourth-order valence-electron chi connectivity index (χ4n) is 2.57. The van der Waals surface area contributed by atoms with Crippen LogP contribution in [0.3, 0.4) is 0 Å². The second kappa shape index (κ2) is 6.20. The van der Waals surface area contributed by atoms with Crippen molar-refractivity contribution in [3.8, 4) is 0 Å². The molecule has 0 saturated heterocycles. The average molecular weight is 274 g/mol. The summed E-state index contributed by atoms with van der Waals surface area (Å²) in [6.45, 7) is 9.71. The van der Waals surface area contributed by atoms with Crippen molar-refractivity contribution in [3.05, 3.63) is 46.0 Å². The van der Waals surface area contributed by atoms with E-state index in [4.69, 9.17) is 0 Å². The van der Waals surface area contributed by atoms with E-state index in [9.17, 15) is 0 Å². The Morgan fingerprint density at radius 1 is 1.21 bits per heavy atom. The average Bonchev–Trinajstić information content (AvgIpc) is 2.79. The molecule has 1 atom stereocenters. The van der Waals surface area contributed by atoms with Gasteiger partial charge in [0.2, 0.25) is 0 Å². The SMILES string of the molecule is CCC(CNc1ncc(C)s1)c1c(C)cccc1C. The Morgan fingerprint density at radius 3 is 2.42 bits per heavy atom. The van der Waals surface area contributed by atoms with Crippen molar-refractivity contribution in [3.63, 3.8) is 0 Å². The molecule has 0 aliphatic carbocycles. The molecular formula is C16H22N2S. The number of anilines is 1. The minimum atomic E-state index is 0.547. The Morgan fingerprint density at radius 2 is 1.89 bits per heavy atom. The van der Waals surface area contributed by atoms with E-state index in [-0.39, 0.29) is 0 Å². The van der Waals surface area contributed by atoms with Gasteiger partial charge in [-0.25, -0.2) is 4.98 Å². The predicted octanol–water partition coefficient (Wildman–Crippen LogP) is 4.67. The van der Waals surface area contributed by atoms with Crippen molar-refractivity contribution in [1.82, 2.24) is 4.98 Å². The van der Waals surface area contributed by atoms with Crippen LogP contribution in [0.15, 0.2) is 24.4 Å². The molecule has 2 aromatic rings. The van der Waals surface area contributed by atoms with Gasteiger partial charge in [0, 0.05) is 23.5 Å². The van der Waals surface area contributed by atoms with E-state index in [0.29, 0.717) is 5.92 Å². The second-order valence-electron chi connectivity index (χ2n) is 5.07. The fraction of sp³-hybridized carbons (Fsp3) is 0.438. The highest BCUT2D eigenvalue weighted by atomic mass is 32.1. The molecular weight excluding hydrogens is 252 g/mol. The summed E-state index contributed by atoms with van der Waals surface area (Å²) < 4.78 is 0. The zero-order valence-corrected chi connectivity index (χ0v) is 13.0. The van der Waals surface area contributed by atoms with Gasteiger partial charge in [0.1, 0.15) is 0 Å². The molecule has 3 heteroatoms. The van der Waals surface area contributed by atoms with Crippen LogP contribution in [-0.4, -0.2) is 11.5 Å². The molecule has 0 aliphatic rings. The number of benzene rings is 1. The van der Waals surface area contributed by atoms with Gasteiger partial charge in [-0.15, -0.1) is 11.3 Å². The topological polar surface area (TPSA) is 24.9 Å². The summed E-state index contributed by atoms with van der Waals surface area (Å²) in [6.07, 6.45) is 3.07. The molecule has 2 rings (SSSR count). The van der Waals surface area contributed by atoms with Crippen molar-refractivity contribution in [2.75, 3.05) is 11.9 Å². The Balaban J connectivity index is 2.12. The molecule has 0 spiro atoms. The van der Waals surface area contributed by atoms with Crippen molar-refractivity contribution < 1.29 is 0 Å². The highest BCUT2D eigenvalue weighted by molar-refractivity contribution is 7.15. The molecule has 0 bridgehead atoms. The van der Waals surface area contributed by atoms with Crippen LogP contribution in [-0.2, 0) is 0 Å². The number of rotatable bonds is 5. The summed E-state index contributed by atoms with van der Waals surface area (Å²) in [7, 11) is 0. The maximum absolute atomic E-state index is 4.37. The Labute approximate surface area is 119 Å². The first-order valence-corrected chi connectivity index (χ1v) is 7.66. The van der Waals surface area contributed by atoms with Gasteiger partial charge >= 0.3 is 0 Å². The first kappa shape index (κ1) is 14.1. The van der Waals surface area contributed by atoms with E-state index >= 15 is 0 Å². The lowest BCUT2D eigenvalue weighted by Gasteiger charge is -2.20. The fourth-order valence-corrected chi connectivity index (χ4v) is 3.24. The number of nitrogens with one attached hydrogen (secondary N) is 1. The minimum Gasteiger partial charge on any atom is -0.361 e. The van der Waals surface area contributed by atoms with Crippen LogP contribution >= 0.6 is 11.3 Å². The van der Waals surface area contributed by atoms with E-state index < -0.39 is 0 Å². The Hall–Kier alpha value is -1.35. The molecule has 1 unspecified atom stereocenters. The van der Waals surface area contributed by atoms with E-state index in [1.54, 1.807) is 11.3 Å². The van der Waals surface area contributed by atoms with E-state index in [0.717, 1.165) is 18.1 Å². The van der Waals surface area contributed by atoms with Crippen LogP contribution in [0.2, 0.25) is 0 Å². The zero-order valence-electron chi connectivity index (χ0n) is 12.2. The largest absolute Gasteiger partial charge is 0.361 e. The molecule has 1 aromatic heterocycles. The van der Waals surface area contributed by atoms with Crippen molar-refractivity contribution in [2.45, 2.75) is 40.0 Å². The van der Waals surface area contributed by atoms with Crippen LogP contribution in [0, 0.1) is 20.8 Å². The first-order chi connectivity index (χ1) is 9.11. The molecule has 0 saturated carbocycles. The molecule has 1 aromatic carbocycles. The Bertz CT molecular complexity index is 525. The third-order valence-electron chi connectivity index (χ3n) is 3.56. The van der Waals surface area contributed by atoms with Crippen molar-refractivity contribution in [2.24, 2.45) is 0 Å². The lowest BCUT2D eigenvalue weighted by molar-refractivity contribution is 0.685. The number of aromatic nitrogens is 1. The van der Waals surface area contributed by atoms with E-state index in [1.807, 2.05) is 6.20 Å². The monoisotopic (exact) mass is 274 g/mol. The third kappa shape index (κ3) is 3.35.